The average molecular weight is 536 g/mol. The molecular weight excluding hydrogens is 498 g/mol. The number of nitrogens with one attached hydrogen (secondary N) is 1. The molecule has 202 valence electrons. The van der Waals surface area contributed by atoms with Crippen LogP contribution >= 0.6 is 0 Å². The maximum absolute atomic E-state index is 13.7. The second-order valence-electron chi connectivity index (χ2n) is 9.39. The second kappa shape index (κ2) is 13.8. The lowest BCUT2D eigenvalue weighted by Gasteiger charge is -2.32. The van der Waals surface area contributed by atoms with Crippen LogP contribution in [-0.2, 0) is 32.6 Å². The first-order valence-electron chi connectivity index (χ1n) is 12.9. The topological polar surface area (TPSA) is 86.8 Å². The number of benzene rings is 3. The van der Waals surface area contributed by atoms with E-state index in [0.29, 0.717) is 25.1 Å². The first-order valence-corrected chi connectivity index (χ1v) is 14.7. The lowest BCUT2D eigenvalue weighted by Crippen LogP contribution is -2.50. The molecule has 0 fully saturated rings. The summed E-state index contributed by atoms with van der Waals surface area (Å²) in [7, 11) is -3.52. The molecule has 3 rings (SSSR count). The standard InChI is InChI=1S/C30H37N3O4S/c1-4-31-30(35)28(22-25-14-7-5-8-15-25)32(23-26-16-11-13-24(2)21-26)29(34)19-12-20-33(38(3,36)37)27-17-9-6-10-18-27/h5-11,13-18,21,28H,4,12,19-20,22-23H2,1-3H3,(H,31,35)/t28-/m0/s1. The molecule has 0 bridgehead atoms. The quantitative estimate of drug-likeness (QED) is 0.353. The third-order valence-electron chi connectivity index (χ3n) is 6.25. The normalized spacial score (nSPS) is 12.0. The van der Waals surface area contributed by atoms with E-state index in [1.54, 1.807) is 29.2 Å². The van der Waals surface area contributed by atoms with Gasteiger partial charge >= 0.3 is 0 Å². The van der Waals surface area contributed by atoms with Crippen molar-refractivity contribution in [3.05, 3.63) is 102 Å². The molecule has 1 N–H and O–H groups in total. The van der Waals surface area contributed by atoms with Crippen molar-refractivity contribution >= 4 is 27.5 Å². The Morgan fingerprint density at radius 3 is 2.13 bits per heavy atom. The molecule has 0 aromatic heterocycles. The van der Waals surface area contributed by atoms with Crippen LogP contribution in [0.4, 0.5) is 5.69 Å². The van der Waals surface area contributed by atoms with Crippen LogP contribution in [-0.4, -0.2) is 50.5 Å². The molecule has 0 aliphatic heterocycles. The van der Waals surface area contributed by atoms with Crippen LogP contribution in [0.15, 0.2) is 84.9 Å². The number of carbonyl (C=O) groups excluding carboxylic acids is 2. The molecule has 1 atom stereocenters. The molecule has 0 saturated heterocycles. The van der Waals surface area contributed by atoms with Crippen molar-refractivity contribution in [3.63, 3.8) is 0 Å². The zero-order valence-corrected chi connectivity index (χ0v) is 23.2. The zero-order chi connectivity index (χ0) is 27.5. The number of likely N-dealkylation sites (N-methyl/N-ethyl adjacent to an activating group) is 1. The number of carbonyl (C=O) groups is 2. The molecule has 2 amide bonds. The monoisotopic (exact) mass is 535 g/mol. The number of hydrogen-bond acceptors (Lipinski definition) is 4. The lowest BCUT2D eigenvalue weighted by atomic mass is 10.0. The second-order valence-corrected chi connectivity index (χ2v) is 11.3. The Balaban J connectivity index is 1.85. The molecule has 8 heteroatoms. The molecule has 38 heavy (non-hydrogen) atoms. The number of aryl methyl sites for hydroxylation is 1. The van der Waals surface area contributed by atoms with Gasteiger partial charge in [0, 0.05) is 32.5 Å². The van der Waals surface area contributed by atoms with Gasteiger partial charge in [0.25, 0.3) is 0 Å². The summed E-state index contributed by atoms with van der Waals surface area (Å²) in [4.78, 5) is 28.6. The van der Waals surface area contributed by atoms with Gasteiger partial charge in [-0.25, -0.2) is 8.42 Å². The number of hydrogen-bond donors (Lipinski definition) is 1. The number of amides is 2. The minimum absolute atomic E-state index is 0.107. The first-order chi connectivity index (χ1) is 18.2. The van der Waals surface area contributed by atoms with Crippen LogP contribution in [0.2, 0.25) is 0 Å². The highest BCUT2D eigenvalue weighted by atomic mass is 32.2. The Kier molecular flexibility index (Phi) is 10.5. The Bertz CT molecular complexity index is 1300. The minimum atomic E-state index is -3.52. The van der Waals surface area contributed by atoms with Crippen molar-refractivity contribution in [3.8, 4) is 0 Å². The van der Waals surface area contributed by atoms with Gasteiger partial charge in [0.15, 0.2) is 0 Å². The SMILES string of the molecule is CCNC(=O)[C@H](Cc1ccccc1)N(Cc1cccc(C)c1)C(=O)CCCN(c1ccccc1)S(C)(=O)=O. The highest BCUT2D eigenvalue weighted by Crippen LogP contribution is 2.20. The van der Waals surface area contributed by atoms with Gasteiger partial charge < -0.3 is 10.2 Å². The summed E-state index contributed by atoms with van der Waals surface area (Å²) < 4.78 is 26.2. The van der Waals surface area contributed by atoms with E-state index in [9.17, 15) is 18.0 Å². The van der Waals surface area contributed by atoms with Gasteiger partial charge in [-0.2, -0.15) is 0 Å². The fraction of sp³-hybridized carbons (Fsp3) is 0.333. The average Bonchev–Trinajstić information content (AvgIpc) is 2.89. The summed E-state index contributed by atoms with van der Waals surface area (Å²) in [5.74, 6) is -0.403. The molecule has 7 nitrogen and oxygen atoms in total. The maximum Gasteiger partial charge on any atom is 0.243 e. The highest BCUT2D eigenvalue weighted by molar-refractivity contribution is 7.92. The van der Waals surface area contributed by atoms with Crippen LogP contribution in [0.25, 0.3) is 0 Å². The van der Waals surface area contributed by atoms with Gasteiger partial charge in [-0.1, -0.05) is 78.4 Å². The summed E-state index contributed by atoms with van der Waals surface area (Å²) >= 11 is 0. The number of para-hydroxylation sites is 1. The van der Waals surface area contributed by atoms with Crippen molar-refractivity contribution in [1.82, 2.24) is 10.2 Å². The Morgan fingerprint density at radius 1 is 0.895 bits per heavy atom. The van der Waals surface area contributed by atoms with Gasteiger partial charge in [-0.3, -0.25) is 13.9 Å². The number of anilines is 1. The summed E-state index contributed by atoms with van der Waals surface area (Å²) in [6, 6.07) is 25.7. The largest absolute Gasteiger partial charge is 0.355 e. The minimum Gasteiger partial charge on any atom is -0.355 e. The van der Waals surface area contributed by atoms with E-state index in [1.165, 1.54) is 4.31 Å². The third kappa shape index (κ3) is 8.45. The van der Waals surface area contributed by atoms with E-state index in [4.69, 9.17) is 0 Å². The van der Waals surface area contributed by atoms with Gasteiger partial charge in [0.1, 0.15) is 6.04 Å². The zero-order valence-electron chi connectivity index (χ0n) is 22.3. The Morgan fingerprint density at radius 2 is 1.53 bits per heavy atom. The molecule has 0 saturated carbocycles. The van der Waals surface area contributed by atoms with Gasteiger partial charge in [0.05, 0.1) is 11.9 Å². The van der Waals surface area contributed by atoms with Crippen molar-refractivity contribution in [2.45, 2.75) is 45.7 Å². The van der Waals surface area contributed by atoms with Gasteiger partial charge in [-0.05, 0) is 43.5 Å². The van der Waals surface area contributed by atoms with Crippen molar-refractivity contribution in [2.24, 2.45) is 0 Å². The van der Waals surface area contributed by atoms with E-state index in [2.05, 4.69) is 5.32 Å². The van der Waals surface area contributed by atoms with E-state index in [-0.39, 0.29) is 31.3 Å². The predicted molar refractivity (Wildman–Crippen MR) is 152 cm³/mol. The highest BCUT2D eigenvalue weighted by Gasteiger charge is 2.30. The lowest BCUT2D eigenvalue weighted by molar-refractivity contribution is -0.141. The van der Waals surface area contributed by atoms with Crippen molar-refractivity contribution in [1.29, 1.82) is 0 Å². The van der Waals surface area contributed by atoms with E-state index >= 15 is 0 Å². The number of rotatable bonds is 13. The van der Waals surface area contributed by atoms with Crippen molar-refractivity contribution in [2.75, 3.05) is 23.7 Å². The molecule has 0 heterocycles. The summed E-state index contributed by atoms with van der Waals surface area (Å²) in [6.07, 6.45) is 1.97. The molecule has 0 aliphatic rings. The maximum atomic E-state index is 13.7. The fourth-order valence-electron chi connectivity index (χ4n) is 4.45. The first kappa shape index (κ1) is 28.9. The van der Waals surface area contributed by atoms with Crippen LogP contribution in [0.3, 0.4) is 0 Å². The number of nitrogens with zero attached hydrogens (tertiary/aromatic N) is 2. The number of sulfonamides is 1. The summed E-state index contributed by atoms with van der Waals surface area (Å²) in [5, 5.41) is 2.89. The predicted octanol–water partition coefficient (Wildman–Crippen LogP) is 4.32. The van der Waals surface area contributed by atoms with Gasteiger partial charge in [0.2, 0.25) is 21.8 Å². The summed E-state index contributed by atoms with van der Waals surface area (Å²) in [5.41, 5.74) is 3.52. The molecule has 3 aromatic carbocycles. The van der Waals surface area contributed by atoms with Crippen LogP contribution in [0.1, 0.15) is 36.5 Å². The Labute approximate surface area is 226 Å². The smallest absolute Gasteiger partial charge is 0.243 e. The van der Waals surface area contributed by atoms with E-state index in [0.717, 1.165) is 22.9 Å². The van der Waals surface area contributed by atoms with Crippen molar-refractivity contribution < 1.29 is 18.0 Å². The molecule has 0 radical (unpaired) electrons. The van der Waals surface area contributed by atoms with Gasteiger partial charge in [-0.15, -0.1) is 0 Å². The van der Waals surface area contributed by atoms with E-state index in [1.807, 2.05) is 74.5 Å². The molecule has 0 aliphatic carbocycles. The summed E-state index contributed by atoms with van der Waals surface area (Å²) in [6.45, 7) is 4.75. The molecule has 0 unspecified atom stereocenters. The van der Waals surface area contributed by atoms with Crippen LogP contribution < -0.4 is 9.62 Å². The van der Waals surface area contributed by atoms with Crippen LogP contribution in [0.5, 0.6) is 0 Å². The molecule has 3 aromatic rings. The van der Waals surface area contributed by atoms with E-state index < -0.39 is 16.1 Å². The third-order valence-corrected chi connectivity index (χ3v) is 7.45. The van der Waals surface area contributed by atoms with Crippen LogP contribution in [0, 0.1) is 6.92 Å². The fourth-order valence-corrected chi connectivity index (χ4v) is 5.42. The molecular formula is C30H37N3O4S. The Hall–Kier alpha value is -3.65. The molecule has 0 spiro atoms.